The van der Waals surface area contributed by atoms with Gasteiger partial charge in [-0.3, -0.25) is 9.59 Å². The molecule has 1 aromatic rings. The molecule has 2 atom stereocenters. The van der Waals surface area contributed by atoms with E-state index in [1.807, 2.05) is 20.8 Å². The first-order valence-corrected chi connectivity index (χ1v) is 9.83. The van der Waals surface area contributed by atoms with E-state index in [9.17, 15) is 9.59 Å². The first-order chi connectivity index (χ1) is 12.3. The van der Waals surface area contributed by atoms with Crippen molar-refractivity contribution in [3.05, 3.63) is 29.8 Å². The Kier molecular flexibility index (Phi) is 5.66. The molecule has 2 heterocycles. The third-order valence-corrected chi connectivity index (χ3v) is 5.81. The highest BCUT2D eigenvalue weighted by Crippen LogP contribution is 2.32. The van der Waals surface area contributed by atoms with Gasteiger partial charge in [-0.15, -0.1) is 0 Å². The zero-order chi connectivity index (χ0) is 18.7. The number of benzene rings is 1. The number of hydrogen-bond acceptors (Lipinski definition) is 3. The number of hydrogen-bond donors (Lipinski definition) is 3. The molecule has 2 aliphatic rings. The fraction of sp³-hybridized carbons (Fsp3) is 0.619. The third kappa shape index (κ3) is 4.85. The maximum Gasteiger partial charge on any atom is 0.251 e. The lowest BCUT2D eigenvalue weighted by Gasteiger charge is -2.28. The van der Waals surface area contributed by atoms with Crippen molar-refractivity contribution >= 4 is 17.5 Å². The molecule has 5 nitrogen and oxygen atoms in total. The Morgan fingerprint density at radius 3 is 2.31 bits per heavy atom. The minimum absolute atomic E-state index is 0.0700. The zero-order valence-electron chi connectivity index (χ0n) is 16.1. The molecule has 26 heavy (non-hydrogen) atoms. The van der Waals surface area contributed by atoms with E-state index >= 15 is 0 Å². The fourth-order valence-electron chi connectivity index (χ4n) is 3.99. The molecule has 5 heteroatoms. The summed E-state index contributed by atoms with van der Waals surface area (Å²) >= 11 is 0. The monoisotopic (exact) mass is 357 g/mol. The molecule has 142 valence electrons. The molecule has 0 aromatic heterocycles. The SMILES string of the molecule is CCC(C)(C)NC(=O)c1ccc(NC(=O)CC2CC3CCC(C2)N3)cc1. The quantitative estimate of drug-likeness (QED) is 0.730. The minimum Gasteiger partial charge on any atom is -0.347 e. The van der Waals surface area contributed by atoms with Crippen LogP contribution in [0.2, 0.25) is 0 Å². The van der Waals surface area contributed by atoms with Crippen LogP contribution in [0.25, 0.3) is 0 Å². The maximum atomic E-state index is 12.3. The van der Waals surface area contributed by atoms with Gasteiger partial charge in [0.25, 0.3) is 5.91 Å². The van der Waals surface area contributed by atoms with Crippen molar-refractivity contribution < 1.29 is 9.59 Å². The molecule has 2 aliphatic heterocycles. The normalized spacial score (nSPS) is 25.0. The third-order valence-electron chi connectivity index (χ3n) is 5.81. The largest absolute Gasteiger partial charge is 0.347 e. The van der Waals surface area contributed by atoms with Crippen molar-refractivity contribution in [1.29, 1.82) is 0 Å². The van der Waals surface area contributed by atoms with Crippen molar-refractivity contribution in [3.63, 3.8) is 0 Å². The number of carbonyl (C=O) groups is 2. The first-order valence-electron chi connectivity index (χ1n) is 9.83. The lowest BCUT2D eigenvalue weighted by molar-refractivity contribution is -0.117. The van der Waals surface area contributed by atoms with Gasteiger partial charge in [-0.1, -0.05) is 6.92 Å². The van der Waals surface area contributed by atoms with Crippen LogP contribution >= 0.6 is 0 Å². The molecular weight excluding hydrogens is 326 g/mol. The second-order valence-corrected chi connectivity index (χ2v) is 8.50. The summed E-state index contributed by atoms with van der Waals surface area (Å²) in [6.45, 7) is 6.06. The number of nitrogens with one attached hydrogen (secondary N) is 3. The molecule has 0 spiro atoms. The van der Waals surface area contributed by atoms with Crippen LogP contribution in [0.4, 0.5) is 5.69 Å². The number of rotatable bonds is 6. The van der Waals surface area contributed by atoms with Gasteiger partial charge in [0.2, 0.25) is 5.91 Å². The van der Waals surface area contributed by atoms with Crippen LogP contribution in [-0.2, 0) is 4.79 Å². The van der Waals surface area contributed by atoms with E-state index in [1.165, 1.54) is 12.8 Å². The second-order valence-electron chi connectivity index (χ2n) is 8.50. The van der Waals surface area contributed by atoms with Crippen LogP contribution < -0.4 is 16.0 Å². The molecule has 0 radical (unpaired) electrons. The summed E-state index contributed by atoms with van der Waals surface area (Å²) in [5.41, 5.74) is 1.13. The summed E-state index contributed by atoms with van der Waals surface area (Å²) in [5.74, 6) is 0.468. The summed E-state index contributed by atoms with van der Waals surface area (Å²) in [7, 11) is 0. The standard InChI is InChI=1S/C21H31N3O2/c1-4-21(2,3)24-20(26)15-5-7-16(8-6-15)23-19(25)13-14-11-17-9-10-18(12-14)22-17/h5-8,14,17-18,22H,4,9-13H2,1-3H3,(H,23,25)(H,24,26). The lowest BCUT2D eigenvalue weighted by atomic mass is 9.89. The molecule has 0 saturated carbocycles. The van der Waals surface area contributed by atoms with E-state index in [4.69, 9.17) is 0 Å². The van der Waals surface area contributed by atoms with Gasteiger partial charge in [-0.2, -0.15) is 0 Å². The van der Waals surface area contributed by atoms with E-state index in [1.54, 1.807) is 24.3 Å². The topological polar surface area (TPSA) is 70.2 Å². The Bertz CT molecular complexity index is 642. The van der Waals surface area contributed by atoms with Crippen LogP contribution in [0.3, 0.4) is 0 Å². The summed E-state index contributed by atoms with van der Waals surface area (Å²) in [6, 6.07) is 8.35. The van der Waals surface area contributed by atoms with E-state index in [0.717, 1.165) is 24.9 Å². The molecular formula is C21H31N3O2. The van der Waals surface area contributed by atoms with Crippen molar-refractivity contribution in [3.8, 4) is 0 Å². The van der Waals surface area contributed by atoms with Crippen LogP contribution in [0.5, 0.6) is 0 Å². The number of fused-ring (bicyclic) bond motifs is 2. The Hall–Kier alpha value is -1.88. The minimum atomic E-state index is -0.224. The van der Waals surface area contributed by atoms with E-state index < -0.39 is 0 Å². The summed E-state index contributed by atoms with van der Waals surface area (Å²) in [5, 5.41) is 9.60. The predicted octanol–water partition coefficient (Wildman–Crippen LogP) is 3.46. The number of amides is 2. The van der Waals surface area contributed by atoms with E-state index in [-0.39, 0.29) is 17.4 Å². The van der Waals surface area contributed by atoms with Crippen LogP contribution in [0.15, 0.2) is 24.3 Å². The Balaban J connectivity index is 1.50. The fourth-order valence-corrected chi connectivity index (χ4v) is 3.99. The molecule has 1 aromatic carbocycles. The van der Waals surface area contributed by atoms with Gasteiger partial charge >= 0.3 is 0 Å². The molecule has 3 rings (SSSR count). The maximum absolute atomic E-state index is 12.3. The van der Waals surface area contributed by atoms with Crippen LogP contribution in [0.1, 0.15) is 69.7 Å². The predicted molar refractivity (Wildman–Crippen MR) is 104 cm³/mol. The Labute approximate surface area is 156 Å². The molecule has 2 fully saturated rings. The van der Waals surface area contributed by atoms with Crippen LogP contribution in [0, 0.1) is 5.92 Å². The summed E-state index contributed by atoms with van der Waals surface area (Å²) in [4.78, 5) is 24.6. The highest BCUT2D eigenvalue weighted by molar-refractivity contribution is 5.96. The van der Waals surface area contributed by atoms with Crippen molar-refractivity contribution in [1.82, 2.24) is 10.6 Å². The van der Waals surface area contributed by atoms with Gasteiger partial charge < -0.3 is 16.0 Å². The van der Waals surface area contributed by atoms with Gasteiger partial charge in [-0.25, -0.2) is 0 Å². The van der Waals surface area contributed by atoms with Crippen molar-refractivity contribution in [2.45, 2.75) is 76.9 Å². The average Bonchev–Trinajstić information content (AvgIpc) is 2.93. The molecule has 0 aliphatic carbocycles. The van der Waals surface area contributed by atoms with Crippen molar-refractivity contribution in [2.75, 3.05) is 5.32 Å². The van der Waals surface area contributed by atoms with Gasteiger partial charge in [0.1, 0.15) is 0 Å². The Morgan fingerprint density at radius 1 is 1.12 bits per heavy atom. The van der Waals surface area contributed by atoms with Gasteiger partial charge in [0.15, 0.2) is 0 Å². The second kappa shape index (κ2) is 7.78. The van der Waals surface area contributed by atoms with Gasteiger partial charge in [-0.05, 0) is 76.1 Å². The molecule has 2 saturated heterocycles. The number of carbonyl (C=O) groups excluding carboxylic acids is 2. The van der Waals surface area contributed by atoms with Crippen molar-refractivity contribution in [2.24, 2.45) is 5.92 Å². The van der Waals surface area contributed by atoms with E-state index in [0.29, 0.717) is 30.0 Å². The van der Waals surface area contributed by atoms with Gasteiger partial charge in [0.05, 0.1) is 0 Å². The first kappa shape index (κ1) is 18.9. The molecule has 2 bridgehead atoms. The molecule has 2 amide bonds. The van der Waals surface area contributed by atoms with Crippen LogP contribution in [-0.4, -0.2) is 29.4 Å². The van der Waals surface area contributed by atoms with Gasteiger partial charge in [0, 0.05) is 35.3 Å². The molecule has 2 unspecified atom stereocenters. The summed E-state index contributed by atoms with van der Waals surface area (Å²) in [6.07, 6.45) is 6.17. The van der Waals surface area contributed by atoms with E-state index in [2.05, 4.69) is 16.0 Å². The lowest BCUT2D eigenvalue weighted by Crippen LogP contribution is -2.42. The summed E-state index contributed by atoms with van der Waals surface area (Å²) < 4.78 is 0. The average molecular weight is 357 g/mol. The zero-order valence-corrected chi connectivity index (χ0v) is 16.1. The molecule has 3 N–H and O–H groups in total. The number of piperidine rings is 1. The Morgan fingerprint density at radius 2 is 1.73 bits per heavy atom. The highest BCUT2D eigenvalue weighted by atomic mass is 16.2. The number of anilines is 1. The smallest absolute Gasteiger partial charge is 0.251 e. The highest BCUT2D eigenvalue weighted by Gasteiger charge is 2.34.